The molecule has 2 rings (SSSR count). The van der Waals surface area contributed by atoms with Crippen molar-refractivity contribution in [2.75, 3.05) is 13.1 Å². The monoisotopic (exact) mass is 338 g/mol. The van der Waals surface area contributed by atoms with E-state index in [0.29, 0.717) is 24.3 Å². The smallest absolute Gasteiger partial charge is 0.309 e. The molecule has 1 saturated heterocycles. The summed E-state index contributed by atoms with van der Waals surface area (Å²) in [6.45, 7) is 4.12. The fraction of sp³-hybridized carbons (Fsp3) is 0.562. The topological polar surface area (TPSA) is 86.7 Å². The number of carbonyl (C=O) groups is 3. The Morgan fingerprint density at radius 2 is 2.17 bits per heavy atom. The number of carbonyl (C=O) groups excluding carboxylic acids is 2. The average molecular weight is 338 g/mol. The molecule has 6 nitrogen and oxygen atoms in total. The van der Waals surface area contributed by atoms with Crippen LogP contribution in [0.2, 0.25) is 0 Å². The van der Waals surface area contributed by atoms with Gasteiger partial charge >= 0.3 is 5.97 Å². The molecule has 1 unspecified atom stereocenters. The molecule has 2 heterocycles. The number of rotatable bonds is 6. The molecule has 0 aromatic carbocycles. The number of nitrogens with zero attached hydrogens (tertiary/aromatic N) is 1. The van der Waals surface area contributed by atoms with E-state index in [2.05, 4.69) is 5.32 Å². The molecule has 1 aromatic heterocycles. The lowest BCUT2D eigenvalue weighted by molar-refractivity contribution is -0.147. The number of nitrogens with one attached hydrogen (secondary N) is 1. The standard InChI is InChI=1S/C16H22N2O4S/c1-16(2,15(21)22)7-8-17-13(19)11-5-3-9-18(11)14(20)12-6-4-10-23-12/h4,6,10-11H,3,5,7-9H2,1-2H3,(H,17,19)(H,21,22). The summed E-state index contributed by atoms with van der Waals surface area (Å²) >= 11 is 1.37. The molecule has 126 valence electrons. The van der Waals surface area contributed by atoms with Crippen molar-refractivity contribution < 1.29 is 19.5 Å². The van der Waals surface area contributed by atoms with Crippen LogP contribution in [0.1, 0.15) is 42.8 Å². The van der Waals surface area contributed by atoms with E-state index in [0.717, 1.165) is 6.42 Å². The minimum atomic E-state index is -0.887. The lowest BCUT2D eigenvalue weighted by Gasteiger charge is -2.24. The third-order valence-corrected chi connectivity index (χ3v) is 5.03. The van der Waals surface area contributed by atoms with E-state index in [1.807, 2.05) is 11.4 Å². The molecule has 0 radical (unpaired) electrons. The number of thiophene rings is 1. The fourth-order valence-electron chi connectivity index (χ4n) is 2.55. The average Bonchev–Trinajstić information content (AvgIpc) is 3.17. The molecule has 0 bridgehead atoms. The summed E-state index contributed by atoms with van der Waals surface area (Å²) in [7, 11) is 0. The first-order chi connectivity index (χ1) is 10.8. The normalized spacial score (nSPS) is 18.0. The summed E-state index contributed by atoms with van der Waals surface area (Å²) in [5.41, 5.74) is -0.880. The van der Waals surface area contributed by atoms with Crippen molar-refractivity contribution in [3.63, 3.8) is 0 Å². The Bertz CT molecular complexity index is 583. The Morgan fingerprint density at radius 1 is 1.43 bits per heavy atom. The van der Waals surface area contributed by atoms with E-state index in [1.165, 1.54) is 11.3 Å². The number of amides is 2. The van der Waals surface area contributed by atoms with Crippen LogP contribution in [0.3, 0.4) is 0 Å². The molecule has 1 aliphatic rings. The number of carboxylic acid groups (broad SMARTS) is 1. The first-order valence-corrected chi connectivity index (χ1v) is 8.56. The van der Waals surface area contributed by atoms with Gasteiger partial charge in [0, 0.05) is 13.1 Å². The predicted octanol–water partition coefficient (Wildman–Crippen LogP) is 1.97. The van der Waals surface area contributed by atoms with Gasteiger partial charge in [0.05, 0.1) is 10.3 Å². The zero-order valence-electron chi connectivity index (χ0n) is 13.4. The van der Waals surface area contributed by atoms with Crippen molar-refractivity contribution in [3.05, 3.63) is 22.4 Å². The summed E-state index contributed by atoms with van der Waals surface area (Å²) in [5, 5.41) is 13.7. The molecule has 0 spiro atoms. The quantitative estimate of drug-likeness (QED) is 0.830. The second kappa shape index (κ2) is 7.12. The maximum absolute atomic E-state index is 12.4. The van der Waals surface area contributed by atoms with Crippen molar-refractivity contribution in [1.82, 2.24) is 10.2 Å². The summed E-state index contributed by atoms with van der Waals surface area (Å²) in [6.07, 6.45) is 1.79. The molecule has 1 fully saturated rings. The summed E-state index contributed by atoms with van der Waals surface area (Å²) in [4.78, 5) is 38.1. The van der Waals surface area contributed by atoms with Crippen LogP contribution >= 0.6 is 11.3 Å². The highest BCUT2D eigenvalue weighted by molar-refractivity contribution is 7.12. The van der Waals surface area contributed by atoms with E-state index in [9.17, 15) is 14.4 Å². The Kier molecular flexibility index (Phi) is 5.41. The van der Waals surface area contributed by atoms with Gasteiger partial charge in [-0.25, -0.2) is 0 Å². The highest BCUT2D eigenvalue weighted by atomic mass is 32.1. The van der Waals surface area contributed by atoms with Gasteiger partial charge in [-0.05, 0) is 44.6 Å². The third kappa shape index (κ3) is 4.10. The minimum Gasteiger partial charge on any atom is -0.481 e. The van der Waals surface area contributed by atoms with E-state index in [4.69, 9.17) is 5.11 Å². The van der Waals surface area contributed by atoms with Gasteiger partial charge < -0.3 is 15.3 Å². The molecule has 7 heteroatoms. The van der Waals surface area contributed by atoms with Gasteiger partial charge in [-0.15, -0.1) is 11.3 Å². The van der Waals surface area contributed by atoms with Crippen LogP contribution in [0, 0.1) is 5.41 Å². The van der Waals surface area contributed by atoms with Crippen LogP contribution in [-0.4, -0.2) is 46.9 Å². The van der Waals surface area contributed by atoms with Crippen molar-refractivity contribution in [2.45, 2.75) is 39.2 Å². The molecule has 2 N–H and O–H groups in total. The van der Waals surface area contributed by atoms with Gasteiger partial charge in [0.2, 0.25) is 5.91 Å². The van der Waals surface area contributed by atoms with Crippen molar-refractivity contribution in [2.24, 2.45) is 5.41 Å². The Balaban J connectivity index is 1.91. The summed E-state index contributed by atoms with van der Waals surface area (Å²) in [6, 6.07) is 3.12. The Labute approximate surface area is 139 Å². The van der Waals surface area contributed by atoms with E-state index < -0.39 is 17.4 Å². The SMILES string of the molecule is CC(C)(CCNC(=O)C1CCCN1C(=O)c1cccs1)C(=O)O. The first kappa shape index (κ1) is 17.5. The maximum Gasteiger partial charge on any atom is 0.309 e. The lowest BCUT2D eigenvalue weighted by Crippen LogP contribution is -2.46. The molecule has 1 aliphatic heterocycles. The van der Waals surface area contributed by atoms with Crippen LogP contribution in [0.25, 0.3) is 0 Å². The zero-order chi connectivity index (χ0) is 17.0. The van der Waals surface area contributed by atoms with Gasteiger partial charge in [-0.1, -0.05) is 6.07 Å². The Morgan fingerprint density at radius 3 is 2.78 bits per heavy atom. The number of carboxylic acids is 1. The van der Waals surface area contributed by atoms with Gasteiger partial charge in [0.1, 0.15) is 6.04 Å². The van der Waals surface area contributed by atoms with Gasteiger partial charge in [-0.2, -0.15) is 0 Å². The first-order valence-electron chi connectivity index (χ1n) is 7.68. The van der Waals surface area contributed by atoms with E-state index in [1.54, 1.807) is 24.8 Å². The van der Waals surface area contributed by atoms with Crippen LogP contribution in [0.15, 0.2) is 17.5 Å². The fourth-order valence-corrected chi connectivity index (χ4v) is 3.23. The number of likely N-dealkylation sites (tertiary alicyclic amines) is 1. The van der Waals surface area contributed by atoms with Crippen LogP contribution in [0.5, 0.6) is 0 Å². The van der Waals surface area contributed by atoms with Crippen molar-refractivity contribution >= 4 is 29.1 Å². The molecule has 1 atom stereocenters. The van der Waals surface area contributed by atoms with Gasteiger partial charge in [-0.3, -0.25) is 14.4 Å². The van der Waals surface area contributed by atoms with Crippen LogP contribution in [-0.2, 0) is 9.59 Å². The molecule has 1 aromatic rings. The van der Waals surface area contributed by atoms with Crippen LogP contribution < -0.4 is 5.32 Å². The number of hydrogen-bond acceptors (Lipinski definition) is 4. The predicted molar refractivity (Wildman–Crippen MR) is 87.4 cm³/mol. The summed E-state index contributed by atoms with van der Waals surface area (Å²) < 4.78 is 0. The molecule has 2 amide bonds. The number of aliphatic carboxylic acids is 1. The molecule has 0 saturated carbocycles. The third-order valence-electron chi connectivity index (χ3n) is 4.18. The molecular formula is C16H22N2O4S. The van der Waals surface area contributed by atoms with Crippen molar-refractivity contribution in [3.8, 4) is 0 Å². The molecule has 23 heavy (non-hydrogen) atoms. The zero-order valence-corrected chi connectivity index (χ0v) is 14.2. The van der Waals surface area contributed by atoms with Crippen LogP contribution in [0.4, 0.5) is 0 Å². The highest BCUT2D eigenvalue weighted by Gasteiger charge is 2.35. The number of hydrogen-bond donors (Lipinski definition) is 2. The largest absolute Gasteiger partial charge is 0.481 e. The van der Waals surface area contributed by atoms with Gasteiger partial charge in [0.15, 0.2) is 0 Å². The molecular weight excluding hydrogens is 316 g/mol. The Hall–Kier alpha value is -1.89. The minimum absolute atomic E-state index is 0.108. The second-order valence-electron chi connectivity index (χ2n) is 6.36. The lowest BCUT2D eigenvalue weighted by atomic mass is 9.89. The van der Waals surface area contributed by atoms with E-state index in [-0.39, 0.29) is 18.4 Å². The molecule has 0 aliphatic carbocycles. The van der Waals surface area contributed by atoms with E-state index >= 15 is 0 Å². The second-order valence-corrected chi connectivity index (χ2v) is 7.31. The maximum atomic E-state index is 12.4. The highest BCUT2D eigenvalue weighted by Crippen LogP contribution is 2.23. The summed E-state index contributed by atoms with van der Waals surface area (Å²) in [5.74, 6) is -1.20. The van der Waals surface area contributed by atoms with Gasteiger partial charge in [0.25, 0.3) is 5.91 Å². The van der Waals surface area contributed by atoms with Crippen molar-refractivity contribution in [1.29, 1.82) is 0 Å².